The second kappa shape index (κ2) is 11.1. The van der Waals surface area contributed by atoms with E-state index in [1.54, 1.807) is 37.2 Å². The van der Waals surface area contributed by atoms with E-state index in [0.29, 0.717) is 5.56 Å². The number of aromatic nitrogens is 2. The number of ether oxygens (including phenoxy) is 2. The third-order valence-electron chi connectivity index (χ3n) is 4.26. The Kier molecular flexibility index (Phi) is 7.98. The predicted octanol–water partition coefficient (Wildman–Crippen LogP) is 2.41. The molecule has 0 spiro atoms. The summed E-state index contributed by atoms with van der Waals surface area (Å²) in [6.45, 7) is 0. The highest BCUT2D eigenvalue weighted by atomic mass is 32.2. The van der Waals surface area contributed by atoms with Crippen LogP contribution in [0.4, 0.5) is 5.95 Å². The summed E-state index contributed by atoms with van der Waals surface area (Å²) < 4.78 is 39.5. The van der Waals surface area contributed by atoms with Crippen LogP contribution in [-0.4, -0.2) is 63.9 Å². The molecule has 0 bridgehead atoms. The number of benzene rings is 2. The van der Waals surface area contributed by atoms with Crippen molar-refractivity contribution in [1.29, 1.82) is 0 Å². The van der Waals surface area contributed by atoms with Crippen LogP contribution in [0.5, 0.6) is 11.8 Å². The molecule has 0 aliphatic carbocycles. The molecule has 34 heavy (non-hydrogen) atoms. The van der Waals surface area contributed by atoms with Gasteiger partial charge in [0.25, 0.3) is 10.0 Å². The van der Waals surface area contributed by atoms with E-state index >= 15 is 0 Å². The molecule has 2 N–H and O–H groups in total. The topological polar surface area (TPSA) is 130 Å². The fraction of sp³-hybridized carbons (Fsp3) is 0.182. The molecule has 0 amide bonds. The zero-order valence-electron chi connectivity index (χ0n) is 19.1. The van der Waals surface area contributed by atoms with E-state index < -0.39 is 10.0 Å². The maximum Gasteiger partial charge on any atom is 0.264 e. The number of nitrogens with zero attached hydrogens (tertiary/aromatic N) is 5. The molecule has 0 fully saturated rings. The summed E-state index contributed by atoms with van der Waals surface area (Å²) in [5.74, 6) is 0.191. The number of hydrogen-bond acceptors (Lipinski definition) is 8. The van der Waals surface area contributed by atoms with Gasteiger partial charge in [0.05, 0.1) is 25.2 Å². The van der Waals surface area contributed by atoms with Crippen LogP contribution in [0.1, 0.15) is 0 Å². The molecule has 3 rings (SSSR count). The predicted molar refractivity (Wildman–Crippen MR) is 131 cm³/mol. The molecule has 0 radical (unpaired) electrons. The van der Waals surface area contributed by atoms with Crippen molar-refractivity contribution in [3.63, 3.8) is 0 Å². The average molecular weight is 484 g/mol. The van der Waals surface area contributed by atoms with Crippen LogP contribution in [-0.2, 0) is 10.0 Å². The fourth-order valence-electron chi connectivity index (χ4n) is 2.77. The highest BCUT2D eigenvalue weighted by Crippen LogP contribution is 2.27. The van der Waals surface area contributed by atoms with Gasteiger partial charge in [0.1, 0.15) is 6.34 Å². The zero-order valence-corrected chi connectivity index (χ0v) is 19.9. The van der Waals surface area contributed by atoms with Gasteiger partial charge in [0.15, 0.2) is 0 Å². The second-order valence-electron chi connectivity index (χ2n) is 7.01. The molecule has 12 heteroatoms. The summed E-state index contributed by atoms with van der Waals surface area (Å²) in [7, 11) is 2.29. The number of rotatable bonds is 8. The minimum absolute atomic E-state index is 0.00551. The molecule has 1 heterocycles. The van der Waals surface area contributed by atoms with Gasteiger partial charge in [-0.25, -0.2) is 13.1 Å². The fourth-order valence-corrected chi connectivity index (χ4v) is 3.96. The monoisotopic (exact) mass is 483 g/mol. The van der Waals surface area contributed by atoms with Gasteiger partial charge in [-0.1, -0.05) is 48.5 Å². The van der Waals surface area contributed by atoms with Crippen LogP contribution >= 0.6 is 0 Å². The molecule has 2 aromatic carbocycles. The van der Waals surface area contributed by atoms with Crippen molar-refractivity contribution >= 4 is 28.3 Å². The minimum Gasteiger partial charge on any atom is -0.481 e. The summed E-state index contributed by atoms with van der Waals surface area (Å²) in [4.78, 5) is 10.0. The van der Waals surface area contributed by atoms with Gasteiger partial charge in [0, 0.05) is 19.7 Å². The Hall–Kier alpha value is -4.19. The smallest absolute Gasteiger partial charge is 0.264 e. The van der Waals surface area contributed by atoms with E-state index in [0.717, 1.165) is 5.56 Å². The quantitative estimate of drug-likeness (QED) is 0.284. The van der Waals surface area contributed by atoms with Crippen molar-refractivity contribution in [3.8, 4) is 22.9 Å². The number of methoxy groups -OCH3 is 2. The zero-order chi connectivity index (χ0) is 24.6. The average Bonchev–Trinajstić information content (AvgIpc) is 2.83. The van der Waals surface area contributed by atoms with Crippen LogP contribution < -0.4 is 19.5 Å². The van der Waals surface area contributed by atoms with Crippen molar-refractivity contribution < 1.29 is 17.9 Å². The first-order valence-electron chi connectivity index (χ1n) is 10.0. The van der Waals surface area contributed by atoms with Crippen molar-refractivity contribution in [3.05, 3.63) is 60.7 Å². The maximum absolute atomic E-state index is 13.4. The highest BCUT2D eigenvalue weighted by Gasteiger charge is 2.22. The maximum atomic E-state index is 13.4. The van der Waals surface area contributed by atoms with Gasteiger partial charge in [0.2, 0.25) is 23.7 Å². The molecule has 0 saturated carbocycles. The Morgan fingerprint density at radius 3 is 2.21 bits per heavy atom. The summed E-state index contributed by atoms with van der Waals surface area (Å²) >= 11 is 0. The number of anilines is 1. The van der Waals surface area contributed by atoms with E-state index in [2.05, 4.69) is 30.2 Å². The van der Waals surface area contributed by atoms with E-state index in [9.17, 15) is 8.42 Å². The minimum atomic E-state index is -4.09. The molecule has 0 aliphatic heterocycles. The lowest BCUT2D eigenvalue weighted by Gasteiger charge is -2.14. The lowest BCUT2D eigenvalue weighted by Crippen LogP contribution is -2.36. The molecule has 11 nitrogen and oxygen atoms in total. The standard InChI is InChI=1S/C22H25N7O4S/c1-29(2)15-23-27-22(26-21-24-19(32-3)14-20(25-21)33-4)28-34(30,31)18-13-9-8-12-17(18)16-10-6-5-7-11-16/h5-15H,1-4H3,(H2,24,25,26,27,28). The molecule has 0 unspecified atom stereocenters. The summed E-state index contributed by atoms with van der Waals surface area (Å²) in [5, 5.41) is 10.6. The van der Waals surface area contributed by atoms with Crippen molar-refractivity contribution in [1.82, 2.24) is 19.6 Å². The van der Waals surface area contributed by atoms with Gasteiger partial charge in [-0.15, -0.1) is 10.2 Å². The molecule has 3 aromatic rings. The Bertz CT molecular complexity index is 1260. The first kappa shape index (κ1) is 24.5. The number of sulfonamides is 1. The lowest BCUT2D eigenvalue weighted by atomic mass is 10.1. The molecule has 178 valence electrons. The highest BCUT2D eigenvalue weighted by molar-refractivity contribution is 7.90. The summed E-state index contributed by atoms with van der Waals surface area (Å²) in [5.41, 5.74) is 1.28. The molecule has 1 aromatic heterocycles. The van der Waals surface area contributed by atoms with Gasteiger partial charge in [-0.3, -0.25) is 5.32 Å². The SMILES string of the molecule is COc1cc(OC)nc(NC(=NN=CN(C)C)NS(=O)(=O)c2ccccc2-c2ccccc2)n1. The van der Waals surface area contributed by atoms with Gasteiger partial charge < -0.3 is 14.4 Å². The van der Waals surface area contributed by atoms with E-state index in [4.69, 9.17) is 9.47 Å². The number of guanidine groups is 1. The van der Waals surface area contributed by atoms with Gasteiger partial charge >= 0.3 is 0 Å². The first-order chi connectivity index (χ1) is 16.3. The van der Waals surface area contributed by atoms with Crippen LogP contribution in [0, 0.1) is 0 Å². The van der Waals surface area contributed by atoms with Crippen molar-refractivity contribution in [2.75, 3.05) is 33.6 Å². The molecule has 0 saturated heterocycles. The van der Waals surface area contributed by atoms with Gasteiger partial charge in [-0.05, 0) is 11.6 Å². The summed E-state index contributed by atoms with van der Waals surface area (Å²) in [6.07, 6.45) is 1.40. The van der Waals surface area contributed by atoms with Crippen LogP contribution in [0.15, 0.2) is 75.8 Å². The Morgan fingerprint density at radius 2 is 1.59 bits per heavy atom. The van der Waals surface area contributed by atoms with E-state index in [1.807, 2.05) is 30.3 Å². The number of nitrogens with one attached hydrogen (secondary N) is 2. The third-order valence-corrected chi connectivity index (χ3v) is 5.66. The molecular weight excluding hydrogens is 458 g/mol. The lowest BCUT2D eigenvalue weighted by molar-refractivity contribution is 0.373. The molecule has 0 atom stereocenters. The molecule has 0 aliphatic rings. The molecular formula is C22H25N7O4S. The van der Waals surface area contributed by atoms with Crippen molar-refractivity contribution in [2.45, 2.75) is 4.90 Å². The Labute approximate surface area is 198 Å². The van der Waals surface area contributed by atoms with Crippen LogP contribution in [0.25, 0.3) is 11.1 Å². The summed E-state index contributed by atoms with van der Waals surface area (Å²) in [6, 6.07) is 17.3. The normalized spacial score (nSPS) is 11.8. The van der Waals surface area contributed by atoms with Crippen LogP contribution in [0.2, 0.25) is 0 Å². The van der Waals surface area contributed by atoms with Crippen molar-refractivity contribution in [2.24, 2.45) is 10.2 Å². The number of hydrogen-bond donors (Lipinski definition) is 2. The third kappa shape index (κ3) is 6.42. The van der Waals surface area contributed by atoms with Gasteiger partial charge in [-0.2, -0.15) is 9.97 Å². The van der Waals surface area contributed by atoms with E-state index in [1.165, 1.54) is 32.7 Å². The first-order valence-corrected chi connectivity index (χ1v) is 11.5. The van der Waals surface area contributed by atoms with E-state index in [-0.39, 0.29) is 28.6 Å². The largest absolute Gasteiger partial charge is 0.481 e. The Balaban J connectivity index is 1.99. The Morgan fingerprint density at radius 1 is 0.971 bits per heavy atom. The van der Waals surface area contributed by atoms with Crippen LogP contribution in [0.3, 0.4) is 0 Å². The second-order valence-corrected chi connectivity index (χ2v) is 8.66.